The van der Waals surface area contributed by atoms with Gasteiger partial charge in [-0.15, -0.1) is 0 Å². The molecule has 0 bridgehead atoms. The van der Waals surface area contributed by atoms with Gasteiger partial charge in [0.05, 0.1) is 31.6 Å². The Kier molecular flexibility index (Phi) is 10.1. The van der Waals surface area contributed by atoms with E-state index in [4.69, 9.17) is 25.1 Å². The molecule has 5 heteroatoms. The first kappa shape index (κ1) is 22.0. The van der Waals surface area contributed by atoms with Gasteiger partial charge in [0.1, 0.15) is 11.5 Å². The smallest absolute Gasteiger partial charge is 0.189 e. The minimum absolute atomic E-state index is 0. The summed E-state index contributed by atoms with van der Waals surface area (Å²) in [6.45, 7) is 0.902. The molecule has 2 aromatic rings. The SMILES string of the molecule is C.C.N#CCc1ccc(O)cc1.N#CCc1ccc2c(c1)COCO2. The highest BCUT2D eigenvalue weighted by atomic mass is 16.7. The lowest BCUT2D eigenvalue weighted by Crippen LogP contribution is -2.11. The average molecular weight is 340 g/mol. The zero-order chi connectivity index (χ0) is 16.5. The summed E-state index contributed by atoms with van der Waals surface area (Å²) in [6.07, 6.45) is 0.841. The fraction of sp³-hybridized carbons (Fsp3) is 0.300. The molecule has 2 aromatic carbocycles. The first-order chi connectivity index (χ1) is 11.2. The van der Waals surface area contributed by atoms with Gasteiger partial charge < -0.3 is 14.6 Å². The van der Waals surface area contributed by atoms with Crippen LogP contribution in [0.5, 0.6) is 11.5 Å². The van der Waals surface area contributed by atoms with Gasteiger partial charge >= 0.3 is 0 Å². The molecule has 1 heterocycles. The van der Waals surface area contributed by atoms with Gasteiger partial charge in [0.15, 0.2) is 6.79 Å². The molecule has 0 unspecified atom stereocenters. The van der Waals surface area contributed by atoms with Crippen LogP contribution < -0.4 is 4.74 Å². The molecule has 0 aromatic heterocycles. The maximum Gasteiger partial charge on any atom is 0.189 e. The molecule has 1 aliphatic heterocycles. The van der Waals surface area contributed by atoms with E-state index in [-0.39, 0.29) is 20.6 Å². The van der Waals surface area contributed by atoms with Crippen molar-refractivity contribution in [1.29, 1.82) is 10.5 Å². The Morgan fingerprint density at radius 2 is 1.52 bits per heavy atom. The first-order valence-corrected chi connectivity index (χ1v) is 7.07. The largest absolute Gasteiger partial charge is 0.508 e. The van der Waals surface area contributed by atoms with Crippen LogP contribution >= 0.6 is 0 Å². The molecule has 0 spiro atoms. The van der Waals surface area contributed by atoms with Crippen LogP contribution in [0.1, 0.15) is 31.5 Å². The first-order valence-electron chi connectivity index (χ1n) is 7.07. The van der Waals surface area contributed by atoms with Gasteiger partial charge in [-0.2, -0.15) is 10.5 Å². The van der Waals surface area contributed by atoms with E-state index in [0.717, 1.165) is 22.4 Å². The number of fused-ring (bicyclic) bond motifs is 1. The monoisotopic (exact) mass is 340 g/mol. The fourth-order valence-electron chi connectivity index (χ4n) is 2.05. The maximum atomic E-state index is 8.84. The van der Waals surface area contributed by atoms with Crippen LogP contribution in [0.2, 0.25) is 0 Å². The van der Waals surface area contributed by atoms with E-state index in [0.29, 0.717) is 26.2 Å². The summed E-state index contributed by atoms with van der Waals surface area (Å²) in [5, 5.41) is 25.6. The van der Waals surface area contributed by atoms with E-state index < -0.39 is 0 Å². The van der Waals surface area contributed by atoms with Crippen molar-refractivity contribution in [3.63, 3.8) is 0 Å². The van der Waals surface area contributed by atoms with Crippen LogP contribution in [0.15, 0.2) is 42.5 Å². The summed E-state index contributed by atoms with van der Waals surface area (Å²) in [6, 6.07) is 16.5. The van der Waals surface area contributed by atoms with Gasteiger partial charge in [-0.1, -0.05) is 33.1 Å². The number of phenols is 1. The van der Waals surface area contributed by atoms with E-state index in [1.807, 2.05) is 24.3 Å². The van der Waals surface area contributed by atoms with Crippen molar-refractivity contribution in [2.24, 2.45) is 0 Å². The normalized spacial score (nSPS) is 10.8. The molecule has 1 aliphatic rings. The molecule has 0 amide bonds. The molecular weight excluding hydrogens is 316 g/mol. The summed E-state index contributed by atoms with van der Waals surface area (Å²) in [5.41, 5.74) is 2.97. The second kappa shape index (κ2) is 11.5. The fourth-order valence-corrected chi connectivity index (χ4v) is 2.05. The highest BCUT2D eigenvalue weighted by molar-refractivity contribution is 5.38. The second-order valence-electron chi connectivity index (χ2n) is 4.89. The number of hydrogen-bond acceptors (Lipinski definition) is 5. The molecule has 0 aliphatic carbocycles. The second-order valence-corrected chi connectivity index (χ2v) is 4.89. The summed E-state index contributed by atoms with van der Waals surface area (Å²) in [7, 11) is 0. The molecule has 5 nitrogen and oxygen atoms in total. The molecule has 0 saturated carbocycles. The van der Waals surface area contributed by atoms with Gasteiger partial charge in [0.25, 0.3) is 0 Å². The van der Waals surface area contributed by atoms with Crippen molar-refractivity contribution in [3.05, 3.63) is 59.2 Å². The van der Waals surface area contributed by atoms with E-state index in [2.05, 4.69) is 6.07 Å². The van der Waals surface area contributed by atoms with Gasteiger partial charge in [0.2, 0.25) is 0 Å². The topological polar surface area (TPSA) is 86.3 Å². The molecule has 0 saturated heterocycles. The highest BCUT2D eigenvalue weighted by Gasteiger charge is 2.10. The Bertz CT molecular complexity index is 728. The maximum absolute atomic E-state index is 8.84. The van der Waals surface area contributed by atoms with Gasteiger partial charge in [-0.05, 0) is 35.4 Å². The Morgan fingerprint density at radius 3 is 2.16 bits per heavy atom. The van der Waals surface area contributed by atoms with Crippen LogP contribution in [0, 0.1) is 22.7 Å². The predicted octanol–water partition coefficient (Wildman–Crippen LogP) is 4.35. The van der Waals surface area contributed by atoms with Crippen molar-refractivity contribution >= 4 is 0 Å². The zero-order valence-electron chi connectivity index (χ0n) is 12.5. The number of nitrogens with zero attached hydrogens (tertiary/aromatic N) is 2. The lowest BCUT2D eigenvalue weighted by Gasteiger charge is -2.17. The number of benzene rings is 2. The molecule has 132 valence electrons. The quantitative estimate of drug-likeness (QED) is 0.878. The summed E-state index contributed by atoms with van der Waals surface area (Å²) in [4.78, 5) is 0. The Balaban J connectivity index is 0.000000440. The third-order valence-corrected chi connectivity index (χ3v) is 3.18. The van der Waals surface area contributed by atoms with Crippen LogP contribution in [0.3, 0.4) is 0 Å². The minimum Gasteiger partial charge on any atom is -0.508 e. The summed E-state index contributed by atoms with van der Waals surface area (Å²) in [5.74, 6) is 1.11. The Labute approximate surface area is 149 Å². The Morgan fingerprint density at radius 1 is 0.920 bits per heavy atom. The summed E-state index contributed by atoms with van der Waals surface area (Å²) >= 11 is 0. The average Bonchev–Trinajstić information content (AvgIpc) is 2.58. The van der Waals surface area contributed by atoms with Crippen LogP contribution in [-0.2, 0) is 24.2 Å². The number of hydrogen-bond donors (Lipinski definition) is 1. The Hall–Kier alpha value is -3.02. The van der Waals surface area contributed by atoms with Crippen molar-refractivity contribution in [2.75, 3.05) is 6.79 Å². The molecule has 0 radical (unpaired) electrons. The van der Waals surface area contributed by atoms with Crippen molar-refractivity contribution in [2.45, 2.75) is 34.3 Å². The van der Waals surface area contributed by atoms with E-state index in [1.54, 1.807) is 24.3 Å². The molecule has 3 rings (SSSR count). The number of ether oxygens (including phenoxy) is 2. The highest BCUT2D eigenvalue weighted by Crippen LogP contribution is 2.24. The van der Waals surface area contributed by atoms with Crippen LogP contribution in [-0.4, -0.2) is 11.9 Å². The van der Waals surface area contributed by atoms with Gasteiger partial charge in [-0.25, -0.2) is 0 Å². The predicted molar refractivity (Wildman–Crippen MR) is 96.9 cm³/mol. The van der Waals surface area contributed by atoms with Crippen molar-refractivity contribution in [1.82, 2.24) is 0 Å². The molecule has 1 N–H and O–H groups in total. The van der Waals surface area contributed by atoms with Crippen molar-refractivity contribution < 1.29 is 14.6 Å². The minimum atomic E-state index is 0. The standard InChI is InChI=1S/C10H9NO2.C8H7NO.2CH4/c11-4-3-8-1-2-10-9(5-8)6-12-7-13-10;9-6-5-7-1-3-8(10)4-2-7;;/h1-2,5H,3,6-7H2;1-4,10H,5H2;2*1H4. The molecule has 0 fully saturated rings. The third-order valence-electron chi connectivity index (χ3n) is 3.18. The van der Waals surface area contributed by atoms with E-state index >= 15 is 0 Å². The van der Waals surface area contributed by atoms with E-state index in [9.17, 15) is 0 Å². The summed E-state index contributed by atoms with van der Waals surface area (Å²) < 4.78 is 10.4. The number of aromatic hydroxyl groups is 1. The molecule has 0 atom stereocenters. The van der Waals surface area contributed by atoms with Crippen LogP contribution in [0.4, 0.5) is 0 Å². The van der Waals surface area contributed by atoms with Gasteiger partial charge in [0, 0.05) is 5.56 Å². The molecule has 25 heavy (non-hydrogen) atoms. The van der Waals surface area contributed by atoms with Crippen LogP contribution in [0.25, 0.3) is 0 Å². The number of nitriles is 2. The third kappa shape index (κ3) is 6.95. The molecular formula is C20H24N2O3. The lowest BCUT2D eigenvalue weighted by molar-refractivity contribution is -0.0164. The van der Waals surface area contributed by atoms with E-state index in [1.165, 1.54) is 0 Å². The number of rotatable bonds is 2. The van der Waals surface area contributed by atoms with Gasteiger partial charge in [-0.3, -0.25) is 0 Å². The van der Waals surface area contributed by atoms with Crippen molar-refractivity contribution in [3.8, 4) is 23.6 Å². The number of phenolic OH excluding ortho intramolecular Hbond substituents is 1. The zero-order valence-corrected chi connectivity index (χ0v) is 12.5. The lowest BCUT2D eigenvalue weighted by atomic mass is 10.1.